The highest BCUT2D eigenvalue weighted by Crippen LogP contribution is 2.29. The Morgan fingerprint density at radius 3 is 2.86 bits per heavy atom. The molecule has 0 radical (unpaired) electrons. The van der Waals surface area contributed by atoms with Gasteiger partial charge in [-0.05, 0) is 0 Å². The lowest BCUT2D eigenvalue weighted by atomic mass is 10.2. The molecule has 0 spiro atoms. The number of rotatable bonds is 0. The van der Waals surface area contributed by atoms with Gasteiger partial charge in [0.2, 0.25) is 0 Å². The summed E-state index contributed by atoms with van der Waals surface area (Å²) in [7, 11) is 0. The molecule has 14 heavy (non-hydrogen) atoms. The summed E-state index contributed by atoms with van der Waals surface area (Å²) in [6.07, 6.45) is 0. The first-order valence-electron chi connectivity index (χ1n) is 4.52. The predicted molar refractivity (Wildman–Crippen MR) is 49.5 cm³/mol. The maximum atomic E-state index is 12.9. The van der Waals surface area contributed by atoms with Gasteiger partial charge in [-0.2, -0.15) is 0 Å². The van der Waals surface area contributed by atoms with Gasteiger partial charge in [-0.1, -0.05) is 6.92 Å². The molecule has 4 heteroatoms. The molecule has 0 aliphatic carbocycles. The molecule has 1 N–H and O–H groups in total. The average molecular weight is 199 g/mol. The molecule has 1 aromatic carbocycles. The number of hydrogen-bond acceptors (Lipinski definition) is 2. The highest BCUT2D eigenvalue weighted by atomic mass is 19.2. The van der Waals surface area contributed by atoms with E-state index in [-0.39, 0.29) is 0 Å². The Bertz CT molecular complexity index is 321. The minimum atomic E-state index is -0.875. The van der Waals surface area contributed by atoms with Crippen molar-refractivity contribution in [2.75, 3.05) is 18.5 Å². The van der Waals surface area contributed by atoms with Gasteiger partial charge in [0, 0.05) is 24.6 Å². The minimum absolute atomic E-state index is 0.327. The minimum Gasteiger partial charge on any atom is -0.491 e. The maximum Gasteiger partial charge on any atom is 0.162 e. The average Bonchev–Trinajstić information content (AvgIpc) is 2.31. The van der Waals surface area contributed by atoms with E-state index in [2.05, 4.69) is 5.32 Å². The molecule has 0 amide bonds. The summed E-state index contributed by atoms with van der Waals surface area (Å²) in [5, 5.41) is 3.01. The molecular weight excluding hydrogens is 188 g/mol. The largest absolute Gasteiger partial charge is 0.491 e. The number of fused-ring (bicyclic) bond motifs is 1. The summed E-state index contributed by atoms with van der Waals surface area (Å²) in [6, 6.07) is 2.21. The first-order valence-corrected chi connectivity index (χ1v) is 4.52. The van der Waals surface area contributed by atoms with E-state index in [9.17, 15) is 8.78 Å². The number of halogens is 2. The summed E-state index contributed by atoms with van der Waals surface area (Å²) >= 11 is 0. The van der Waals surface area contributed by atoms with Crippen LogP contribution in [0, 0.1) is 17.6 Å². The monoisotopic (exact) mass is 199 g/mol. The van der Waals surface area contributed by atoms with Crippen molar-refractivity contribution in [1.82, 2.24) is 0 Å². The summed E-state index contributed by atoms with van der Waals surface area (Å²) in [4.78, 5) is 0. The van der Waals surface area contributed by atoms with E-state index in [4.69, 9.17) is 4.74 Å². The molecule has 1 aromatic rings. The van der Waals surface area contributed by atoms with Crippen LogP contribution >= 0.6 is 0 Å². The first kappa shape index (κ1) is 9.24. The summed E-state index contributed by atoms with van der Waals surface area (Å²) in [5.74, 6) is -1.02. The van der Waals surface area contributed by atoms with E-state index in [0.717, 1.165) is 12.1 Å². The van der Waals surface area contributed by atoms with Crippen molar-refractivity contribution in [2.24, 2.45) is 5.92 Å². The lowest BCUT2D eigenvalue weighted by Gasteiger charge is -2.07. The van der Waals surface area contributed by atoms with E-state index in [1.54, 1.807) is 0 Å². The van der Waals surface area contributed by atoms with E-state index in [0.29, 0.717) is 30.5 Å². The van der Waals surface area contributed by atoms with Crippen molar-refractivity contribution in [2.45, 2.75) is 6.92 Å². The molecule has 0 saturated carbocycles. The van der Waals surface area contributed by atoms with Crippen LogP contribution in [0.1, 0.15) is 6.92 Å². The lowest BCUT2D eigenvalue weighted by Crippen LogP contribution is -2.13. The second kappa shape index (κ2) is 3.44. The van der Waals surface area contributed by atoms with Crippen LogP contribution in [0.25, 0.3) is 0 Å². The summed E-state index contributed by atoms with van der Waals surface area (Å²) < 4.78 is 31.0. The Morgan fingerprint density at radius 2 is 2.07 bits per heavy atom. The fourth-order valence-electron chi connectivity index (χ4n) is 1.36. The second-order valence-corrected chi connectivity index (χ2v) is 3.56. The molecule has 2 nitrogen and oxygen atoms in total. The molecule has 0 aromatic heterocycles. The van der Waals surface area contributed by atoms with Gasteiger partial charge in [0.05, 0.1) is 12.3 Å². The van der Waals surface area contributed by atoms with Crippen molar-refractivity contribution in [3.63, 3.8) is 0 Å². The first-order chi connectivity index (χ1) is 6.66. The molecule has 0 bridgehead atoms. The van der Waals surface area contributed by atoms with E-state index < -0.39 is 11.6 Å². The molecule has 0 fully saturated rings. The van der Waals surface area contributed by atoms with Gasteiger partial charge in [0.1, 0.15) is 5.75 Å². The molecule has 1 heterocycles. The fourth-order valence-corrected chi connectivity index (χ4v) is 1.36. The zero-order chi connectivity index (χ0) is 10.1. The van der Waals surface area contributed by atoms with Crippen molar-refractivity contribution >= 4 is 5.69 Å². The van der Waals surface area contributed by atoms with Gasteiger partial charge in [-0.25, -0.2) is 8.78 Å². The maximum absolute atomic E-state index is 12.9. The fraction of sp³-hybridized carbons (Fsp3) is 0.400. The Balaban J connectivity index is 2.36. The molecule has 76 valence electrons. The molecule has 0 saturated heterocycles. The Labute approximate surface area is 80.9 Å². The van der Waals surface area contributed by atoms with E-state index in [1.165, 1.54) is 0 Å². The van der Waals surface area contributed by atoms with Gasteiger partial charge in [0.15, 0.2) is 11.6 Å². The summed E-state index contributed by atoms with van der Waals surface area (Å²) in [5.41, 5.74) is 0.522. The predicted octanol–water partition coefficient (Wildman–Crippen LogP) is 2.41. The SMILES string of the molecule is CC1CNc2cc(F)c(F)cc2OC1. The molecule has 1 atom stereocenters. The standard InChI is InChI=1S/C10H11F2NO/c1-6-4-13-9-2-7(11)8(12)3-10(9)14-5-6/h2-3,6,13H,4-5H2,1H3. The molecular formula is C10H11F2NO. The lowest BCUT2D eigenvalue weighted by molar-refractivity contribution is 0.274. The molecule has 1 unspecified atom stereocenters. The summed E-state index contributed by atoms with van der Waals surface area (Å²) in [6.45, 7) is 3.23. The Morgan fingerprint density at radius 1 is 1.36 bits per heavy atom. The third kappa shape index (κ3) is 1.64. The van der Waals surface area contributed by atoms with E-state index in [1.807, 2.05) is 6.92 Å². The van der Waals surface area contributed by atoms with Gasteiger partial charge in [-0.3, -0.25) is 0 Å². The van der Waals surface area contributed by atoms with Crippen LogP contribution < -0.4 is 10.1 Å². The van der Waals surface area contributed by atoms with E-state index >= 15 is 0 Å². The Kier molecular flexibility index (Phi) is 2.27. The normalized spacial score (nSPS) is 20.4. The number of ether oxygens (including phenoxy) is 1. The Hall–Kier alpha value is -1.32. The van der Waals surface area contributed by atoms with Crippen LogP contribution in [-0.4, -0.2) is 13.2 Å². The van der Waals surface area contributed by atoms with Crippen molar-refractivity contribution in [3.8, 4) is 5.75 Å². The second-order valence-electron chi connectivity index (χ2n) is 3.56. The van der Waals surface area contributed by atoms with Gasteiger partial charge in [0.25, 0.3) is 0 Å². The molecule has 1 aliphatic heterocycles. The molecule has 1 aliphatic rings. The van der Waals surface area contributed by atoms with Crippen molar-refractivity contribution < 1.29 is 13.5 Å². The van der Waals surface area contributed by atoms with Crippen molar-refractivity contribution in [1.29, 1.82) is 0 Å². The highest BCUT2D eigenvalue weighted by molar-refractivity contribution is 5.57. The zero-order valence-corrected chi connectivity index (χ0v) is 7.81. The van der Waals surface area contributed by atoms with Crippen LogP contribution in [0.15, 0.2) is 12.1 Å². The third-order valence-corrected chi connectivity index (χ3v) is 2.19. The number of benzene rings is 1. The van der Waals surface area contributed by atoms with Crippen LogP contribution in [0.2, 0.25) is 0 Å². The van der Waals surface area contributed by atoms with Crippen LogP contribution in [0.3, 0.4) is 0 Å². The van der Waals surface area contributed by atoms with Crippen LogP contribution in [0.5, 0.6) is 5.75 Å². The number of nitrogens with one attached hydrogen (secondary N) is 1. The number of anilines is 1. The highest BCUT2D eigenvalue weighted by Gasteiger charge is 2.16. The quantitative estimate of drug-likeness (QED) is 0.692. The van der Waals surface area contributed by atoms with Gasteiger partial charge in [-0.15, -0.1) is 0 Å². The van der Waals surface area contributed by atoms with Gasteiger partial charge < -0.3 is 10.1 Å². The topological polar surface area (TPSA) is 21.3 Å². The smallest absolute Gasteiger partial charge is 0.162 e. The van der Waals surface area contributed by atoms with Crippen LogP contribution in [-0.2, 0) is 0 Å². The third-order valence-electron chi connectivity index (χ3n) is 2.19. The molecule has 2 rings (SSSR count). The van der Waals surface area contributed by atoms with Gasteiger partial charge >= 0.3 is 0 Å². The van der Waals surface area contributed by atoms with Crippen molar-refractivity contribution in [3.05, 3.63) is 23.8 Å². The zero-order valence-electron chi connectivity index (χ0n) is 7.81. The van der Waals surface area contributed by atoms with Crippen LogP contribution in [0.4, 0.5) is 14.5 Å². The number of hydrogen-bond donors (Lipinski definition) is 1.